The van der Waals surface area contributed by atoms with Crippen LogP contribution in [0.15, 0.2) is 24.3 Å². The summed E-state index contributed by atoms with van der Waals surface area (Å²) in [6.45, 7) is 13.7. The van der Waals surface area contributed by atoms with Gasteiger partial charge < -0.3 is 25.6 Å². The molecule has 1 aromatic rings. The van der Waals surface area contributed by atoms with Crippen LogP contribution in [0, 0.1) is 0 Å². The number of anilines is 1. The van der Waals surface area contributed by atoms with Crippen LogP contribution in [0.5, 0.6) is 0 Å². The molecular formula is C23H37N5O4. The Hall–Kier alpha value is -2.81. The van der Waals surface area contributed by atoms with E-state index in [0.29, 0.717) is 30.9 Å². The Labute approximate surface area is 190 Å². The fourth-order valence-corrected chi connectivity index (χ4v) is 3.21. The lowest BCUT2D eigenvalue weighted by molar-refractivity contribution is 0.0144. The molecule has 0 bridgehead atoms. The predicted octanol–water partition coefficient (Wildman–Crippen LogP) is 2.89. The van der Waals surface area contributed by atoms with Gasteiger partial charge in [0.1, 0.15) is 5.60 Å². The Kier molecular flexibility index (Phi) is 9.31. The van der Waals surface area contributed by atoms with Crippen LogP contribution in [0.4, 0.5) is 15.3 Å². The highest BCUT2D eigenvalue weighted by molar-refractivity contribution is 5.95. The first-order valence-electron chi connectivity index (χ1n) is 11.2. The molecule has 1 saturated heterocycles. The number of carbonyl (C=O) groups excluding carboxylic acids is 3. The van der Waals surface area contributed by atoms with E-state index >= 15 is 0 Å². The summed E-state index contributed by atoms with van der Waals surface area (Å²) in [5, 5.41) is 8.45. The van der Waals surface area contributed by atoms with Crippen molar-refractivity contribution in [2.24, 2.45) is 0 Å². The highest BCUT2D eigenvalue weighted by Crippen LogP contribution is 2.12. The summed E-state index contributed by atoms with van der Waals surface area (Å²) in [5.41, 5.74) is 0.698. The lowest BCUT2D eigenvalue weighted by Crippen LogP contribution is -2.50. The van der Waals surface area contributed by atoms with Gasteiger partial charge in [-0.25, -0.2) is 9.59 Å². The van der Waals surface area contributed by atoms with Crippen molar-refractivity contribution in [1.82, 2.24) is 20.4 Å². The first-order chi connectivity index (χ1) is 15.0. The quantitative estimate of drug-likeness (QED) is 0.558. The maximum Gasteiger partial charge on any atom is 0.410 e. The molecule has 2 rings (SSSR count). The van der Waals surface area contributed by atoms with Gasteiger partial charge in [-0.2, -0.15) is 0 Å². The van der Waals surface area contributed by atoms with Gasteiger partial charge in [0.2, 0.25) is 0 Å². The van der Waals surface area contributed by atoms with Crippen molar-refractivity contribution in [3.8, 4) is 0 Å². The van der Waals surface area contributed by atoms with Crippen molar-refractivity contribution >= 4 is 23.7 Å². The summed E-state index contributed by atoms with van der Waals surface area (Å²) in [5.74, 6) is -0.136. The van der Waals surface area contributed by atoms with E-state index in [1.54, 1.807) is 29.2 Å². The van der Waals surface area contributed by atoms with E-state index in [1.165, 1.54) is 0 Å². The lowest BCUT2D eigenvalue weighted by Gasteiger charge is -2.35. The Bertz CT molecular complexity index is 766. The standard InChI is InChI=1S/C23H37N5O4/c1-17(2)25-20(29)18-7-9-19(10-8-18)26-21(30)24-11-6-12-27-13-15-28(16-14-27)22(31)32-23(3,4)5/h7-10,17H,6,11-16H2,1-5H3,(H,25,29)(H2,24,26,30). The highest BCUT2D eigenvalue weighted by atomic mass is 16.6. The van der Waals surface area contributed by atoms with Gasteiger partial charge in [-0.3, -0.25) is 9.69 Å². The van der Waals surface area contributed by atoms with E-state index in [4.69, 9.17) is 4.74 Å². The van der Waals surface area contributed by atoms with Crippen molar-refractivity contribution in [2.75, 3.05) is 44.6 Å². The third-order valence-electron chi connectivity index (χ3n) is 4.79. The first-order valence-corrected chi connectivity index (χ1v) is 11.2. The smallest absolute Gasteiger partial charge is 0.410 e. The fourth-order valence-electron chi connectivity index (χ4n) is 3.21. The molecule has 9 heteroatoms. The number of hydrogen-bond donors (Lipinski definition) is 3. The summed E-state index contributed by atoms with van der Waals surface area (Å²) in [4.78, 5) is 40.2. The van der Waals surface area contributed by atoms with E-state index in [9.17, 15) is 14.4 Å². The molecule has 0 spiro atoms. The summed E-state index contributed by atoms with van der Waals surface area (Å²) < 4.78 is 5.41. The molecule has 1 aliphatic heterocycles. The molecular weight excluding hydrogens is 410 g/mol. The third kappa shape index (κ3) is 9.13. The number of amides is 4. The molecule has 0 aromatic heterocycles. The van der Waals surface area contributed by atoms with Crippen molar-refractivity contribution in [2.45, 2.75) is 52.7 Å². The molecule has 0 saturated carbocycles. The molecule has 0 atom stereocenters. The summed E-state index contributed by atoms with van der Waals surface area (Å²) in [7, 11) is 0. The highest BCUT2D eigenvalue weighted by Gasteiger charge is 2.25. The number of urea groups is 1. The van der Waals surface area contributed by atoms with E-state index in [-0.39, 0.29) is 24.1 Å². The maximum atomic E-state index is 12.1. The SMILES string of the molecule is CC(C)NC(=O)c1ccc(NC(=O)NCCCN2CCN(C(=O)OC(C)(C)C)CC2)cc1. The number of ether oxygens (including phenoxy) is 1. The molecule has 1 aliphatic rings. The van der Waals surface area contributed by atoms with Gasteiger partial charge in [0.15, 0.2) is 0 Å². The Balaban J connectivity index is 1.62. The molecule has 32 heavy (non-hydrogen) atoms. The second-order valence-corrected chi connectivity index (χ2v) is 9.25. The average molecular weight is 448 g/mol. The summed E-state index contributed by atoms with van der Waals surface area (Å²) in [6.07, 6.45) is 0.554. The van der Waals surface area contributed by atoms with E-state index in [0.717, 1.165) is 26.1 Å². The van der Waals surface area contributed by atoms with E-state index < -0.39 is 5.60 Å². The minimum Gasteiger partial charge on any atom is -0.444 e. The second-order valence-electron chi connectivity index (χ2n) is 9.25. The molecule has 0 unspecified atom stereocenters. The van der Waals surface area contributed by atoms with Crippen LogP contribution < -0.4 is 16.0 Å². The fraction of sp³-hybridized carbons (Fsp3) is 0.609. The van der Waals surface area contributed by atoms with Crippen LogP contribution in [-0.2, 0) is 4.74 Å². The van der Waals surface area contributed by atoms with Gasteiger partial charge >= 0.3 is 12.1 Å². The van der Waals surface area contributed by atoms with Crippen LogP contribution in [-0.4, -0.2) is 78.7 Å². The maximum absolute atomic E-state index is 12.1. The minimum atomic E-state index is -0.481. The van der Waals surface area contributed by atoms with Crippen LogP contribution >= 0.6 is 0 Å². The van der Waals surface area contributed by atoms with Crippen LogP contribution in [0.3, 0.4) is 0 Å². The van der Waals surface area contributed by atoms with Gasteiger partial charge in [-0.15, -0.1) is 0 Å². The number of carbonyl (C=O) groups is 3. The zero-order valence-electron chi connectivity index (χ0n) is 19.9. The van der Waals surface area contributed by atoms with Crippen LogP contribution in [0.1, 0.15) is 51.4 Å². The first kappa shape index (κ1) is 25.5. The number of piperazine rings is 1. The Morgan fingerprint density at radius 2 is 1.66 bits per heavy atom. The number of nitrogens with one attached hydrogen (secondary N) is 3. The van der Waals surface area contributed by atoms with Gasteiger partial charge in [0.05, 0.1) is 0 Å². The lowest BCUT2D eigenvalue weighted by atomic mass is 10.2. The van der Waals surface area contributed by atoms with Crippen molar-refractivity contribution in [3.63, 3.8) is 0 Å². The molecule has 0 aliphatic carbocycles. The zero-order chi connectivity index (χ0) is 23.7. The van der Waals surface area contributed by atoms with Crippen molar-refractivity contribution < 1.29 is 19.1 Å². The summed E-state index contributed by atoms with van der Waals surface area (Å²) in [6, 6.07) is 6.57. The number of rotatable bonds is 7. The third-order valence-corrected chi connectivity index (χ3v) is 4.79. The topological polar surface area (TPSA) is 103 Å². The van der Waals surface area contributed by atoms with E-state index in [1.807, 2.05) is 34.6 Å². The normalized spacial score (nSPS) is 14.8. The molecule has 3 N–H and O–H groups in total. The van der Waals surface area contributed by atoms with Gasteiger partial charge in [-0.05, 0) is 71.8 Å². The largest absolute Gasteiger partial charge is 0.444 e. The molecule has 1 fully saturated rings. The molecule has 1 heterocycles. The summed E-state index contributed by atoms with van der Waals surface area (Å²) >= 11 is 0. The number of hydrogen-bond acceptors (Lipinski definition) is 5. The Morgan fingerprint density at radius 1 is 1.03 bits per heavy atom. The monoisotopic (exact) mass is 447 g/mol. The number of nitrogens with zero attached hydrogens (tertiary/aromatic N) is 2. The molecule has 1 aromatic carbocycles. The minimum absolute atomic E-state index is 0.0694. The Morgan fingerprint density at radius 3 is 2.22 bits per heavy atom. The predicted molar refractivity (Wildman–Crippen MR) is 125 cm³/mol. The van der Waals surface area contributed by atoms with Crippen molar-refractivity contribution in [3.05, 3.63) is 29.8 Å². The van der Waals surface area contributed by atoms with E-state index in [2.05, 4.69) is 20.9 Å². The molecule has 178 valence electrons. The molecule has 9 nitrogen and oxygen atoms in total. The second kappa shape index (κ2) is 11.7. The van der Waals surface area contributed by atoms with Crippen molar-refractivity contribution in [1.29, 1.82) is 0 Å². The van der Waals surface area contributed by atoms with Gasteiger partial charge in [-0.1, -0.05) is 0 Å². The molecule has 0 radical (unpaired) electrons. The number of benzene rings is 1. The van der Waals surface area contributed by atoms with Crippen LogP contribution in [0.2, 0.25) is 0 Å². The zero-order valence-corrected chi connectivity index (χ0v) is 19.9. The van der Waals surface area contributed by atoms with Gasteiger partial charge in [0.25, 0.3) is 5.91 Å². The average Bonchev–Trinajstić information content (AvgIpc) is 2.70. The van der Waals surface area contributed by atoms with Crippen LogP contribution in [0.25, 0.3) is 0 Å². The molecule has 4 amide bonds. The van der Waals surface area contributed by atoms with Gasteiger partial charge in [0, 0.05) is 50.0 Å².